The fraction of sp³-hybridized carbons (Fsp3) is 0.385. The number of hydrogen-bond donors (Lipinski definition) is 0. The second kappa shape index (κ2) is 6.81. The van der Waals surface area contributed by atoms with Crippen molar-refractivity contribution in [3.63, 3.8) is 0 Å². The zero-order valence-corrected chi connectivity index (χ0v) is 14.1. The van der Waals surface area contributed by atoms with Crippen molar-refractivity contribution in [2.45, 2.75) is 18.2 Å². The number of amidine groups is 1. The highest BCUT2D eigenvalue weighted by atomic mass is 35.5. The zero-order valence-electron chi connectivity index (χ0n) is 11.7. The predicted octanol–water partition coefficient (Wildman–Crippen LogP) is 3.08. The van der Waals surface area contributed by atoms with E-state index >= 15 is 0 Å². The van der Waals surface area contributed by atoms with Crippen LogP contribution < -0.4 is 0 Å². The molecule has 2 rings (SSSR count). The van der Waals surface area contributed by atoms with Gasteiger partial charge in [0, 0.05) is 17.2 Å². The van der Waals surface area contributed by atoms with Gasteiger partial charge in [-0.15, -0.1) is 4.40 Å². The highest BCUT2D eigenvalue weighted by Crippen LogP contribution is 2.21. The van der Waals surface area contributed by atoms with Gasteiger partial charge < -0.3 is 0 Å². The summed E-state index contributed by atoms with van der Waals surface area (Å²) in [7, 11) is -3.79. The summed E-state index contributed by atoms with van der Waals surface area (Å²) in [4.78, 5) is 0.0803. The number of nitrogens with zero attached hydrogens (tertiary/aromatic N) is 3. The number of hydrazone groups is 1. The molecular formula is C13H16ClN3O2S2. The van der Waals surface area contributed by atoms with Gasteiger partial charge in [-0.1, -0.05) is 36.4 Å². The molecule has 0 saturated carbocycles. The summed E-state index contributed by atoms with van der Waals surface area (Å²) in [6.45, 7) is 2.72. The molecule has 1 atom stereocenters. The van der Waals surface area contributed by atoms with E-state index in [9.17, 15) is 8.42 Å². The van der Waals surface area contributed by atoms with E-state index in [0.29, 0.717) is 22.7 Å². The van der Waals surface area contributed by atoms with Crippen molar-refractivity contribution in [1.82, 2.24) is 5.01 Å². The highest BCUT2D eigenvalue weighted by Gasteiger charge is 2.23. The number of thioether (sulfide) groups is 1. The van der Waals surface area contributed by atoms with Gasteiger partial charge in [0.15, 0.2) is 5.17 Å². The fourth-order valence-corrected chi connectivity index (χ4v) is 3.94. The Hall–Kier alpha value is -1.05. The van der Waals surface area contributed by atoms with E-state index in [2.05, 4.69) is 16.4 Å². The summed E-state index contributed by atoms with van der Waals surface area (Å²) in [5, 5.41) is 6.57. The molecule has 21 heavy (non-hydrogen) atoms. The fourth-order valence-electron chi connectivity index (χ4n) is 1.83. The Labute approximate surface area is 134 Å². The van der Waals surface area contributed by atoms with Crippen molar-refractivity contribution in [2.75, 3.05) is 12.8 Å². The maximum absolute atomic E-state index is 12.3. The van der Waals surface area contributed by atoms with Crippen LogP contribution in [0.1, 0.15) is 13.3 Å². The number of rotatable bonds is 3. The predicted molar refractivity (Wildman–Crippen MR) is 88.6 cm³/mol. The minimum atomic E-state index is -3.79. The molecule has 1 aromatic rings. The Morgan fingerprint density at radius 2 is 2.33 bits per heavy atom. The normalized spacial score (nSPS) is 19.3. The number of hydrogen-bond acceptors (Lipinski definition) is 4. The summed E-state index contributed by atoms with van der Waals surface area (Å²) in [5.41, 5.74) is 0. The van der Waals surface area contributed by atoms with Crippen LogP contribution >= 0.6 is 23.4 Å². The van der Waals surface area contributed by atoms with Crippen molar-refractivity contribution < 1.29 is 8.42 Å². The van der Waals surface area contributed by atoms with E-state index in [1.54, 1.807) is 23.4 Å². The minimum absolute atomic E-state index is 0.0803. The first-order chi connectivity index (χ1) is 9.96. The van der Waals surface area contributed by atoms with Gasteiger partial charge in [-0.05, 0) is 30.9 Å². The maximum atomic E-state index is 12.3. The molecular weight excluding hydrogens is 330 g/mol. The largest absolute Gasteiger partial charge is 0.284 e. The maximum Gasteiger partial charge on any atom is 0.284 e. The van der Waals surface area contributed by atoms with Crippen molar-refractivity contribution in [3.8, 4) is 0 Å². The molecule has 0 N–H and O–H groups in total. The van der Waals surface area contributed by atoms with Gasteiger partial charge in [-0.25, -0.2) is 5.01 Å². The van der Waals surface area contributed by atoms with Crippen LogP contribution in [0, 0.1) is 5.92 Å². The van der Waals surface area contributed by atoms with Crippen molar-refractivity contribution in [3.05, 3.63) is 29.3 Å². The Morgan fingerprint density at radius 1 is 1.57 bits per heavy atom. The van der Waals surface area contributed by atoms with Gasteiger partial charge in [0.25, 0.3) is 10.0 Å². The van der Waals surface area contributed by atoms with Gasteiger partial charge in [-0.2, -0.15) is 13.5 Å². The lowest BCUT2D eigenvalue weighted by Gasteiger charge is -2.15. The first-order valence-corrected chi connectivity index (χ1v) is 9.46. The lowest BCUT2D eigenvalue weighted by atomic mass is 10.1. The van der Waals surface area contributed by atoms with E-state index < -0.39 is 10.0 Å². The van der Waals surface area contributed by atoms with Crippen LogP contribution in [-0.2, 0) is 10.0 Å². The first-order valence-electron chi connectivity index (χ1n) is 6.42. The summed E-state index contributed by atoms with van der Waals surface area (Å²) in [5.74, 6) is 0.330. The molecule has 5 nitrogen and oxygen atoms in total. The second-order valence-corrected chi connectivity index (χ2v) is 7.34. The zero-order chi connectivity index (χ0) is 15.5. The third-order valence-corrected chi connectivity index (χ3v) is 5.33. The highest BCUT2D eigenvalue weighted by molar-refractivity contribution is 8.13. The molecule has 0 radical (unpaired) electrons. The topological polar surface area (TPSA) is 62.1 Å². The average Bonchev–Trinajstić information content (AvgIpc) is 2.93. The molecule has 0 saturated heterocycles. The molecule has 114 valence electrons. The summed E-state index contributed by atoms with van der Waals surface area (Å²) in [6, 6.07) is 6.08. The Bertz CT molecular complexity index is 674. The van der Waals surface area contributed by atoms with Crippen LogP contribution in [0.25, 0.3) is 0 Å². The third kappa shape index (κ3) is 3.99. The van der Waals surface area contributed by atoms with Crippen LogP contribution in [0.3, 0.4) is 0 Å². The standard InChI is InChI=1S/C13H16ClN3O2S2/c1-3-10-8-15-17(9-10)13(20-2)16-21(18,19)12-6-4-5-11(14)7-12/h4-8,10H,3,9H2,1-2H3/b16-13-. The molecule has 1 heterocycles. The molecule has 8 heteroatoms. The number of halogens is 1. The van der Waals surface area contributed by atoms with Gasteiger partial charge in [0.1, 0.15) is 0 Å². The molecule has 1 unspecified atom stereocenters. The van der Waals surface area contributed by atoms with Crippen molar-refractivity contribution in [2.24, 2.45) is 15.4 Å². The number of benzene rings is 1. The van der Waals surface area contributed by atoms with Crippen LogP contribution in [0.4, 0.5) is 0 Å². The molecule has 0 bridgehead atoms. The molecule has 0 amide bonds. The van der Waals surface area contributed by atoms with Crippen LogP contribution in [0.15, 0.2) is 38.7 Å². The lowest BCUT2D eigenvalue weighted by Crippen LogP contribution is -2.24. The molecule has 0 aliphatic carbocycles. The van der Waals surface area contributed by atoms with E-state index in [-0.39, 0.29) is 4.90 Å². The van der Waals surface area contributed by atoms with Gasteiger partial charge in [-0.3, -0.25) is 0 Å². The monoisotopic (exact) mass is 345 g/mol. The van der Waals surface area contributed by atoms with E-state index in [4.69, 9.17) is 11.6 Å². The Balaban J connectivity index is 2.29. The first kappa shape index (κ1) is 16.3. The van der Waals surface area contributed by atoms with Crippen molar-refractivity contribution in [1.29, 1.82) is 0 Å². The molecule has 0 spiro atoms. The quantitative estimate of drug-likeness (QED) is 0.624. The van der Waals surface area contributed by atoms with Gasteiger partial charge >= 0.3 is 0 Å². The van der Waals surface area contributed by atoms with Crippen LogP contribution in [0.2, 0.25) is 5.02 Å². The third-order valence-electron chi connectivity index (χ3n) is 3.04. The molecule has 1 aliphatic heterocycles. The van der Waals surface area contributed by atoms with E-state index in [1.807, 2.05) is 6.21 Å². The average molecular weight is 346 g/mol. The van der Waals surface area contributed by atoms with Gasteiger partial charge in [0.2, 0.25) is 0 Å². The number of sulfonamides is 1. The SMILES string of the molecule is CCC1C=NN(/C(=N/S(=O)(=O)c2cccc(Cl)c2)SC)C1. The Kier molecular flexibility index (Phi) is 5.29. The molecule has 0 fully saturated rings. The summed E-state index contributed by atoms with van der Waals surface area (Å²) in [6.07, 6.45) is 4.57. The smallest absolute Gasteiger partial charge is 0.241 e. The second-order valence-electron chi connectivity index (χ2n) is 4.53. The Morgan fingerprint density at radius 3 is 2.90 bits per heavy atom. The van der Waals surface area contributed by atoms with E-state index in [0.717, 1.165) is 6.42 Å². The lowest BCUT2D eigenvalue weighted by molar-refractivity contribution is 0.448. The van der Waals surface area contributed by atoms with Gasteiger partial charge in [0.05, 0.1) is 11.4 Å². The molecule has 0 aromatic heterocycles. The summed E-state index contributed by atoms with van der Waals surface area (Å²) < 4.78 is 28.5. The molecule has 1 aromatic carbocycles. The van der Waals surface area contributed by atoms with E-state index in [1.165, 1.54) is 23.9 Å². The summed E-state index contributed by atoms with van der Waals surface area (Å²) >= 11 is 7.09. The minimum Gasteiger partial charge on any atom is -0.241 e. The van der Waals surface area contributed by atoms with Crippen LogP contribution in [0.5, 0.6) is 0 Å². The van der Waals surface area contributed by atoms with Crippen LogP contribution in [-0.4, -0.2) is 37.6 Å². The van der Waals surface area contributed by atoms with Crippen molar-refractivity contribution >= 4 is 44.8 Å². The molecule has 1 aliphatic rings.